The lowest BCUT2D eigenvalue weighted by Crippen LogP contribution is -2.50. The maximum Gasteiger partial charge on any atom is 0.478 e. The van der Waals surface area contributed by atoms with E-state index in [1.54, 1.807) is 0 Å². The fourth-order valence-electron chi connectivity index (χ4n) is 3.09. The zero-order valence-corrected chi connectivity index (χ0v) is 40.0. The van der Waals surface area contributed by atoms with E-state index >= 15 is 0 Å². The number of ether oxygens (including phenoxy) is 6. The van der Waals surface area contributed by atoms with Gasteiger partial charge in [-0.05, 0) is 6.92 Å². The van der Waals surface area contributed by atoms with Gasteiger partial charge in [-0.2, -0.15) is 0 Å². The summed E-state index contributed by atoms with van der Waals surface area (Å²) in [4.78, 5) is 133. The van der Waals surface area contributed by atoms with Crippen molar-refractivity contribution in [1.29, 1.82) is 0 Å². The molecule has 0 amide bonds. The van der Waals surface area contributed by atoms with Crippen LogP contribution >= 0.6 is 0 Å². The molecule has 0 aromatic carbocycles. The van der Waals surface area contributed by atoms with Crippen molar-refractivity contribution in [3.63, 3.8) is 0 Å². The third-order valence-electron chi connectivity index (χ3n) is 8.71. The molecule has 75 heavy (non-hydrogen) atoms. The van der Waals surface area contributed by atoms with Crippen molar-refractivity contribution in [3.8, 4) is 0 Å². The van der Waals surface area contributed by atoms with E-state index in [0.29, 0.717) is 51.6 Å². The fraction of sp³-hybridized carbons (Fsp3) is 1.00. The van der Waals surface area contributed by atoms with Crippen molar-refractivity contribution >= 4 is 0 Å². The molecule has 0 unspecified atom stereocenters. The second-order valence-electron chi connectivity index (χ2n) is 15.1. The van der Waals surface area contributed by atoms with Crippen LogP contribution in [-0.4, -0.2) is 193 Å². The molecule has 0 rings (SSSR count). The maximum atomic E-state index is 10.6. The van der Waals surface area contributed by atoms with E-state index in [-0.39, 0.29) is 6.67 Å². The van der Waals surface area contributed by atoms with Gasteiger partial charge in [0.25, 0.3) is 0 Å². The van der Waals surface area contributed by atoms with Crippen LogP contribution in [0.25, 0.3) is 0 Å². The van der Waals surface area contributed by atoms with Gasteiger partial charge in [0.2, 0.25) is 6.67 Å². The summed E-state index contributed by atoms with van der Waals surface area (Å²) in [6.07, 6.45) is -1.36. The molecule has 0 radical (unpaired) electrons. The Balaban J connectivity index is -0.000000459. The molecular weight excluding hydrogens is 1070 g/mol. The molecular formula is C25H46N16O34. The minimum Gasteiger partial charge on any atom is -0.340 e. The molecule has 0 aromatic rings. The van der Waals surface area contributed by atoms with Crippen LogP contribution in [0.4, 0.5) is 0 Å². The second-order valence-corrected chi connectivity index (χ2v) is 15.1. The minimum absolute atomic E-state index is 0.347. The first-order chi connectivity index (χ1) is 33.8. The lowest BCUT2D eigenvalue weighted by Gasteiger charge is -2.19. The smallest absolute Gasteiger partial charge is 0.340 e. The highest BCUT2D eigenvalue weighted by atomic mass is 16.8. The normalized spacial score (nSPS) is 11.5. The number of hydrogen-bond acceptors (Lipinski definition) is 34. The Morgan fingerprint density at radius 1 is 0.320 bits per heavy atom. The molecule has 0 saturated carbocycles. The average molecular weight is 1110 g/mol. The van der Waals surface area contributed by atoms with Gasteiger partial charge < -0.3 is 28.4 Å². The molecule has 50 heteroatoms. The lowest BCUT2D eigenvalue weighted by molar-refractivity contribution is -0.797. The average Bonchev–Trinajstić information content (AvgIpc) is 3.28. The van der Waals surface area contributed by atoms with Crippen molar-refractivity contribution in [2.45, 2.75) is 88.7 Å². The first-order valence-electron chi connectivity index (χ1n) is 18.8. The van der Waals surface area contributed by atoms with Gasteiger partial charge in [-0.3, -0.25) is 121 Å². The van der Waals surface area contributed by atoms with Crippen molar-refractivity contribution in [2.75, 3.05) is 74.0 Å². The van der Waals surface area contributed by atoms with Crippen LogP contribution in [0.5, 0.6) is 0 Å². The molecule has 0 aromatic heterocycles. The van der Waals surface area contributed by atoms with Gasteiger partial charge in [-0.15, -0.1) is 10.0 Å². The summed E-state index contributed by atoms with van der Waals surface area (Å²) in [5.41, 5.74) is -15.7. The molecule has 0 saturated heterocycles. The van der Waals surface area contributed by atoms with Gasteiger partial charge in [0.1, 0.15) is 72.7 Å². The SMILES string of the molecule is CC(COCOCC(C)([N+](=O)[O-])[N+](=O)[O-])([N+](=O)[O-])[N+](=O)[O-].CC(COCOCC(C)([N+](=O)[O-])[N+](=O)[O-])([N+](=O)[O-])[N+](=O)[O-].CC(OCC(C)([N+](=O)[O-])[N+](=O)[O-])OCC(C)([N+](=O)[O-])[N+](=O)[O-].CN(CN(C)[N+](=O)[O-])[N+](=O)[O-]. The molecule has 0 spiro atoms. The number of rotatable bonds is 34. The molecule has 0 heterocycles. The highest BCUT2D eigenvalue weighted by Crippen LogP contribution is 2.17. The van der Waals surface area contributed by atoms with E-state index in [1.165, 1.54) is 0 Å². The summed E-state index contributed by atoms with van der Waals surface area (Å²) >= 11 is 0. The molecule has 430 valence electrons. The van der Waals surface area contributed by atoms with Gasteiger partial charge in [-0.1, -0.05) is 0 Å². The van der Waals surface area contributed by atoms with Gasteiger partial charge in [0, 0.05) is 0 Å². The summed E-state index contributed by atoms with van der Waals surface area (Å²) in [5, 5.41) is 146. The third kappa shape index (κ3) is 22.5. The zero-order valence-electron chi connectivity index (χ0n) is 40.0. The van der Waals surface area contributed by atoms with E-state index in [0.717, 1.165) is 21.0 Å². The molecule has 0 aliphatic heterocycles. The first-order valence-corrected chi connectivity index (χ1v) is 18.8. The van der Waals surface area contributed by atoms with Gasteiger partial charge >= 0.3 is 34.0 Å². The summed E-state index contributed by atoms with van der Waals surface area (Å²) in [5.74, 6) is 0. The largest absolute Gasteiger partial charge is 0.478 e. The van der Waals surface area contributed by atoms with Gasteiger partial charge in [0.15, 0.2) is 56.0 Å². The number of nitro groups is 14. The van der Waals surface area contributed by atoms with Crippen molar-refractivity contribution < 1.29 is 97.6 Å². The molecule has 0 aliphatic carbocycles. The van der Waals surface area contributed by atoms with Gasteiger partial charge in [-0.25, -0.2) is 20.2 Å². The molecule has 0 fully saturated rings. The highest BCUT2D eigenvalue weighted by molar-refractivity contribution is 4.63. The maximum absolute atomic E-state index is 10.6. The zero-order chi connectivity index (χ0) is 60.4. The molecule has 0 bridgehead atoms. The van der Waals surface area contributed by atoms with E-state index in [2.05, 4.69) is 18.9 Å². The monoisotopic (exact) mass is 1110 g/mol. The van der Waals surface area contributed by atoms with E-state index in [4.69, 9.17) is 9.47 Å². The van der Waals surface area contributed by atoms with E-state index in [9.17, 15) is 142 Å². The Bertz CT molecular complexity index is 1810. The van der Waals surface area contributed by atoms with Crippen molar-refractivity contribution in [3.05, 3.63) is 142 Å². The predicted molar refractivity (Wildman–Crippen MR) is 224 cm³/mol. The third-order valence-corrected chi connectivity index (χ3v) is 8.71. The summed E-state index contributed by atoms with van der Waals surface area (Å²) in [7, 11) is 2.31. The van der Waals surface area contributed by atoms with Crippen LogP contribution in [0.1, 0.15) is 48.5 Å². The Morgan fingerprint density at radius 3 is 0.600 bits per heavy atom. The van der Waals surface area contributed by atoms with Crippen LogP contribution in [-0.2, 0) is 28.4 Å². The minimum atomic E-state index is -2.63. The fourth-order valence-corrected chi connectivity index (χ4v) is 3.09. The Hall–Kier alpha value is -9.04. The number of hydrazine groups is 2. The van der Waals surface area contributed by atoms with Crippen molar-refractivity contribution in [2.24, 2.45) is 0 Å². The highest BCUT2D eigenvalue weighted by Gasteiger charge is 2.56. The topological polar surface area (TPSA) is 666 Å². The van der Waals surface area contributed by atoms with Crippen LogP contribution < -0.4 is 0 Å². The number of hydrogen-bond donors (Lipinski definition) is 0. The van der Waals surface area contributed by atoms with Crippen molar-refractivity contribution in [1.82, 2.24) is 10.0 Å². The van der Waals surface area contributed by atoms with Crippen LogP contribution in [0.15, 0.2) is 0 Å². The van der Waals surface area contributed by atoms with Gasteiger partial charge in [0.05, 0.1) is 55.6 Å². The van der Waals surface area contributed by atoms with Crippen LogP contribution in [0.3, 0.4) is 0 Å². The molecule has 0 atom stereocenters. The van der Waals surface area contributed by atoms with E-state index < -0.39 is 163 Å². The Kier molecular flexibility index (Phi) is 29.7. The van der Waals surface area contributed by atoms with E-state index in [1.807, 2.05) is 0 Å². The molecule has 0 aliphatic rings. The number of nitrogens with zero attached hydrogens (tertiary/aromatic N) is 16. The Morgan fingerprint density at radius 2 is 0.467 bits per heavy atom. The standard InChI is InChI=1S/C8H14N4O10.2C7H12N4O10.C3H8N4O4/c1-6(21-4-7(2,9(13)14)10(15)16)22-5-8(3,11(17)18)12(19)20;2*1-6(8(12)13,9(14)15)3-20-5-21-4-7(2,10(16)17)11(18)19;1-4(6(8)9)3-5(2)7(10)11/h6H,4-5H2,1-3H3;2*3-5H2,1-2H3;3H2,1-2H3. The first kappa shape index (κ1) is 72.5. The van der Waals surface area contributed by atoms with Crippen LogP contribution in [0.2, 0.25) is 0 Å². The lowest BCUT2D eigenvalue weighted by atomic mass is 10.2. The Labute approximate surface area is 412 Å². The quantitative estimate of drug-likeness (QED) is 0.0295. The summed E-state index contributed by atoms with van der Waals surface area (Å²) in [6, 6.07) is 0. The summed E-state index contributed by atoms with van der Waals surface area (Å²) in [6.45, 7) is -2.47. The predicted octanol–water partition coefficient (Wildman–Crippen LogP) is -1.87. The second kappa shape index (κ2) is 30.8. The molecule has 50 nitrogen and oxygen atoms in total. The van der Waals surface area contributed by atoms with Crippen LogP contribution in [0, 0.1) is 142 Å². The molecule has 0 N–H and O–H groups in total. The summed E-state index contributed by atoms with van der Waals surface area (Å²) < 4.78 is 27.6.